The van der Waals surface area contributed by atoms with Crippen LogP contribution in [-0.4, -0.2) is 23.4 Å². The van der Waals surface area contributed by atoms with Crippen LogP contribution in [0.3, 0.4) is 0 Å². The van der Waals surface area contributed by atoms with Gasteiger partial charge in [-0.1, -0.05) is 30.3 Å². The Bertz CT molecular complexity index is 402. The predicted octanol–water partition coefficient (Wildman–Crippen LogP) is 0.989. The van der Waals surface area contributed by atoms with Crippen LogP contribution in [0.1, 0.15) is 25.8 Å². The summed E-state index contributed by atoms with van der Waals surface area (Å²) in [4.78, 5) is 22.4. The van der Waals surface area contributed by atoms with Gasteiger partial charge < -0.3 is 10.4 Å². The minimum atomic E-state index is -0.853. The summed E-state index contributed by atoms with van der Waals surface area (Å²) in [6, 6.07) is 9.17. The number of nitrogens with one attached hydrogen (secondary N) is 1. The number of aliphatic hydroxyl groups is 1. The SMILES string of the molecule is CC(=O)CC(=O)NC(C)(CO)c1ccccc1. The molecule has 0 saturated heterocycles. The number of rotatable bonds is 5. The van der Waals surface area contributed by atoms with Crippen LogP contribution >= 0.6 is 0 Å². The molecule has 0 aromatic heterocycles. The number of aliphatic hydroxyl groups excluding tert-OH is 1. The molecule has 1 unspecified atom stereocenters. The van der Waals surface area contributed by atoms with Crippen LogP contribution in [0, 0.1) is 0 Å². The number of benzene rings is 1. The van der Waals surface area contributed by atoms with Crippen molar-refractivity contribution < 1.29 is 14.7 Å². The van der Waals surface area contributed by atoms with E-state index in [4.69, 9.17) is 0 Å². The van der Waals surface area contributed by atoms with Crippen molar-refractivity contribution in [2.75, 3.05) is 6.61 Å². The molecule has 0 aliphatic rings. The van der Waals surface area contributed by atoms with Crippen molar-refractivity contribution in [1.29, 1.82) is 0 Å². The normalized spacial score (nSPS) is 13.8. The molecule has 1 aromatic rings. The molecule has 92 valence electrons. The van der Waals surface area contributed by atoms with Gasteiger partial charge in [0, 0.05) is 0 Å². The Morgan fingerprint density at radius 1 is 1.29 bits per heavy atom. The molecule has 1 amide bonds. The van der Waals surface area contributed by atoms with Crippen molar-refractivity contribution in [1.82, 2.24) is 5.32 Å². The number of Topliss-reactive ketones (excluding diaryl/α,β-unsaturated/α-hetero) is 1. The summed E-state index contributed by atoms with van der Waals surface area (Å²) in [6.07, 6.45) is -0.164. The monoisotopic (exact) mass is 235 g/mol. The van der Waals surface area contributed by atoms with E-state index in [1.54, 1.807) is 6.92 Å². The zero-order valence-corrected chi connectivity index (χ0v) is 10.1. The van der Waals surface area contributed by atoms with E-state index in [9.17, 15) is 14.7 Å². The summed E-state index contributed by atoms with van der Waals surface area (Å²) in [7, 11) is 0. The smallest absolute Gasteiger partial charge is 0.228 e. The average molecular weight is 235 g/mol. The molecule has 1 rings (SSSR count). The minimum absolute atomic E-state index is 0.164. The maximum Gasteiger partial charge on any atom is 0.228 e. The molecule has 4 heteroatoms. The zero-order chi connectivity index (χ0) is 12.9. The Labute approximate surface area is 101 Å². The summed E-state index contributed by atoms with van der Waals surface area (Å²) in [5.41, 5.74) is -0.0484. The van der Waals surface area contributed by atoms with Crippen molar-refractivity contribution >= 4 is 11.7 Å². The number of hydrogen-bond donors (Lipinski definition) is 2. The molecule has 0 bridgehead atoms. The van der Waals surface area contributed by atoms with Crippen LogP contribution in [0.2, 0.25) is 0 Å². The highest BCUT2D eigenvalue weighted by atomic mass is 16.3. The second kappa shape index (κ2) is 5.59. The summed E-state index contributed by atoms with van der Waals surface area (Å²) in [5.74, 6) is -0.575. The highest BCUT2D eigenvalue weighted by Crippen LogP contribution is 2.19. The summed E-state index contributed by atoms with van der Waals surface area (Å²) in [5, 5.41) is 12.1. The van der Waals surface area contributed by atoms with E-state index in [0.717, 1.165) is 5.56 Å². The maximum atomic E-state index is 11.6. The first-order chi connectivity index (χ1) is 7.98. The summed E-state index contributed by atoms with van der Waals surface area (Å²) >= 11 is 0. The van der Waals surface area contributed by atoms with Gasteiger partial charge in [-0.2, -0.15) is 0 Å². The quantitative estimate of drug-likeness (QED) is 0.748. The third kappa shape index (κ3) is 3.67. The van der Waals surface area contributed by atoms with Gasteiger partial charge >= 0.3 is 0 Å². The Hall–Kier alpha value is -1.68. The molecule has 17 heavy (non-hydrogen) atoms. The Kier molecular flexibility index (Phi) is 4.40. The van der Waals surface area contributed by atoms with Gasteiger partial charge in [0.15, 0.2) is 0 Å². The Balaban J connectivity index is 2.83. The molecule has 2 N–H and O–H groups in total. The van der Waals surface area contributed by atoms with E-state index in [2.05, 4.69) is 5.32 Å². The Morgan fingerprint density at radius 2 is 1.88 bits per heavy atom. The first-order valence-electron chi connectivity index (χ1n) is 5.45. The largest absolute Gasteiger partial charge is 0.394 e. The van der Waals surface area contributed by atoms with Crippen molar-refractivity contribution in [3.05, 3.63) is 35.9 Å². The van der Waals surface area contributed by atoms with Gasteiger partial charge in [0.25, 0.3) is 0 Å². The van der Waals surface area contributed by atoms with Crippen LogP contribution in [0.5, 0.6) is 0 Å². The average Bonchev–Trinajstić information content (AvgIpc) is 2.29. The van der Waals surface area contributed by atoms with Gasteiger partial charge in [0.05, 0.1) is 18.6 Å². The highest BCUT2D eigenvalue weighted by molar-refractivity contribution is 5.97. The number of ketones is 1. The lowest BCUT2D eigenvalue weighted by molar-refractivity contribution is -0.128. The second-order valence-corrected chi connectivity index (χ2v) is 4.28. The third-order valence-electron chi connectivity index (χ3n) is 2.55. The number of carbonyl (C=O) groups excluding carboxylic acids is 2. The lowest BCUT2D eigenvalue weighted by Gasteiger charge is -2.29. The van der Waals surface area contributed by atoms with Crippen LogP contribution in [0.4, 0.5) is 0 Å². The molecule has 0 fully saturated rings. The predicted molar refractivity (Wildman–Crippen MR) is 64.3 cm³/mol. The van der Waals surface area contributed by atoms with E-state index < -0.39 is 5.54 Å². The molecule has 0 heterocycles. The molecule has 0 spiro atoms. The van der Waals surface area contributed by atoms with Gasteiger partial charge in [-0.25, -0.2) is 0 Å². The number of carbonyl (C=O) groups is 2. The van der Waals surface area contributed by atoms with Gasteiger partial charge in [0.1, 0.15) is 5.78 Å². The summed E-state index contributed by atoms with van der Waals surface area (Å²) in [6.45, 7) is 2.86. The highest BCUT2D eigenvalue weighted by Gasteiger charge is 2.27. The van der Waals surface area contributed by atoms with E-state index in [-0.39, 0.29) is 24.7 Å². The van der Waals surface area contributed by atoms with E-state index in [1.807, 2.05) is 30.3 Å². The van der Waals surface area contributed by atoms with Crippen molar-refractivity contribution in [3.8, 4) is 0 Å². The van der Waals surface area contributed by atoms with Gasteiger partial charge in [0.2, 0.25) is 5.91 Å². The van der Waals surface area contributed by atoms with Gasteiger partial charge in [-0.15, -0.1) is 0 Å². The molecule has 0 aliphatic carbocycles. The maximum absolute atomic E-state index is 11.6. The lowest BCUT2D eigenvalue weighted by atomic mass is 9.92. The Morgan fingerprint density at radius 3 is 2.35 bits per heavy atom. The van der Waals surface area contributed by atoms with Crippen LogP contribution < -0.4 is 5.32 Å². The molecule has 1 atom stereocenters. The second-order valence-electron chi connectivity index (χ2n) is 4.28. The molecular formula is C13H17NO3. The van der Waals surface area contributed by atoms with Crippen LogP contribution in [-0.2, 0) is 15.1 Å². The molecular weight excluding hydrogens is 218 g/mol. The molecule has 0 aliphatic heterocycles. The molecule has 0 radical (unpaired) electrons. The zero-order valence-electron chi connectivity index (χ0n) is 10.1. The van der Waals surface area contributed by atoms with Crippen LogP contribution in [0.25, 0.3) is 0 Å². The fourth-order valence-electron chi connectivity index (χ4n) is 1.59. The standard InChI is InChI=1S/C13H17NO3/c1-10(16)8-12(17)14-13(2,9-15)11-6-4-3-5-7-11/h3-7,15H,8-9H2,1-2H3,(H,14,17). The van der Waals surface area contributed by atoms with Crippen molar-refractivity contribution in [3.63, 3.8) is 0 Å². The molecule has 4 nitrogen and oxygen atoms in total. The number of amides is 1. The van der Waals surface area contributed by atoms with Gasteiger partial charge in [-0.3, -0.25) is 9.59 Å². The number of hydrogen-bond acceptors (Lipinski definition) is 3. The third-order valence-corrected chi connectivity index (χ3v) is 2.55. The van der Waals surface area contributed by atoms with Crippen molar-refractivity contribution in [2.45, 2.75) is 25.8 Å². The lowest BCUT2D eigenvalue weighted by Crippen LogP contribution is -2.46. The van der Waals surface area contributed by atoms with Crippen LogP contribution in [0.15, 0.2) is 30.3 Å². The van der Waals surface area contributed by atoms with E-state index in [0.29, 0.717) is 0 Å². The fraction of sp³-hybridized carbons (Fsp3) is 0.385. The molecule has 0 saturated carbocycles. The first kappa shape index (κ1) is 13.4. The minimum Gasteiger partial charge on any atom is -0.394 e. The van der Waals surface area contributed by atoms with E-state index in [1.165, 1.54) is 6.92 Å². The first-order valence-corrected chi connectivity index (χ1v) is 5.45. The molecule has 1 aromatic carbocycles. The van der Waals surface area contributed by atoms with E-state index >= 15 is 0 Å². The summed E-state index contributed by atoms with van der Waals surface area (Å²) < 4.78 is 0. The topological polar surface area (TPSA) is 66.4 Å². The van der Waals surface area contributed by atoms with Gasteiger partial charge in [-0.05, 0) is 19.4 Å². The van der Waals surface area contributed by atoms with Crippen molar-refractivity contribution in [2.24, 2.45) is 0 Å². The fourth-order valence-corrected chi connectivity index (χ4v) is 1.59.